The van der Waals surface area contributed by atoms with Crippen LogP contribution in [0.15, 0.2) is 0 Å². The first-order valence-electron chi connectivity index (χ1n) is 6.51. The van der Waals surface area contributed by atoms with Crippen molar-refractivity contribution in [2.75, 3.05) is 33.2 Å². The van der Waals surface area contributed by atoms with Gasteiger partial charge in [-0.05, 0) is 32.2 Å². The number of hydrogen-bond donors (Lipinski definition) is 1. The molecule has 0 aromatic rings. The summed E-state index contributed by atoms with van der Waals surface area (Å²) in [5.74, 6) is 0. The average Bonchev–Trinajstić information content (AvgIpc) is 2.83. The minimum atomic E-state index is 0.213. The van der Waals surface area contributed by atoms with Crippen molar-refractivity contribution in [3.05, 3.63) is 0 Å². The summed E-state index contributed by atoms with van der Waals surface area (Å²) in [6, 6.07) is 0.718. The minimum Gasteiger partial charge on any atom is -0.326 e. The fraction of sp³-hybridized carbons (Fsp3) is 0.917. The van der Waals surface area contributed by atoms with Crippen LogP contribution in [0.2, 0.25) is 0 Å². The van der Waals surface area contributed by atoms with Gasteiger partial charge < -0.3 is 15.1 Å². The largest absolute Gasteiger partial charge is 0.326 e. The van der Waals surface area contributed by atoms with Gasteiger partial charge in [0.05, 0.1) is 0 Å². The van der Waals surface area contributed by atoms with E-state index in [-0.39, 0.29) is 6.03 Å². The van der Waals surface area contributed by atoms with E-state index in [1.165, 1.54) is 32.1 Å². The summed E-state index contributed by atoms with van der Waals surface area (Å²) in [5, 5.41) is 3.48. The molecule has 2 amide bonds. The third kappa shape index (κ3) is 2.88. The molecule has 1 unspecified atom stereocenters. The predicted molar refractivity (Wildman–Crippen MR) is 64.5 cm³/mol. The van der Waals surface area contributed by atoms with Crippen molar-refractivity contribution in [3.63, 3.8) is 0 Å². The number of likely N-dealkylation sites (N-methyl/N-ethyl adjacent to an activating group) is 1. The molecular weight excluding hydrogens is 202 g/mol. The van der Waals surface area contributed by atoms with Crippen LogP contribution in [0.3, 0.4) is 0 Å². The highest BCUT2D eigenvalue weighted by Gasteiger charge is 2.23. The van der Waals surface area contributed by atoms with Crippen LogP contribution in [0.25, 0.3) is 0 Å². The second-order valence-corrected chi connectivity index (χ2v) is 5.00. The summed E-state index contributed by atoms with van der Waals surface area (Å²) in [7, 11) is 1.93. The van der Waals surface area contributed by atoms with E-state index < -0.39 is 0 Å². The zero-order valence-electron chi connectivity index (χ0n) is 10.2. The van der Waals surface area contributed by atoms with Crippen LogP contribution in [-0.2, 0) is 0 Å². The van der Waals surface area contributed by atoms with Gasteiger partial charge in [-0.1, -0.05) is 6.42 Å². The van der Waals surface area contributed by atoms with Gasteiger partial charge in [0.2, 0.25) is 0 Å². The summed E-state index contributed by atoms with van der Waals surface area (Å²) in [6.07, 6.45) is 6.11. The van der Waals surface area contributed by atoms with Crippen molar-refractivity contribution in [1.82, 2.24) is 15.1 Å². The van der Waals surface area contributed by atoms with Gasteiger partial charge >= 0.3 is 6.03 Å². The van der Waals surface area contributed by atoms with E-state index in [0.29, 0.717) is 6.04 Å². The predicted octanol–water partition coefficient (Wildman–Crippen LogP) is 1.28. The Morgan fingerprint density at radius 1 is 1.31 bits per heavy atom. The summed E-state index contributed by atoms with van der Waals surface area (Å²) < 4.78 is 0. The van der Waals surface area contributed by atoms with Gasteiger partial charge in [-0.25, -0.2) is 4.79 Å². The number of carbonyl (C=O) groups is 1. The second kappa shape index (κ2) is 5.53. The third-order valence-corrected chi connectivity index (χ3v) is 3.61. The Balaban J connectivity index is 1.77. The number of nitrogens with zero attached hydrogens (tertiary/aromatic N) is 2. The molecule has 16 heavy (non-hydrogen) atoms. The lowest BCUT2D eigenvalue weighted by atomic mass is 10.0. The molecule has 4 heteroatoms. The molecule has 0 aromatic carbocycles. The van der Waals surface area contributed by atoms with Crippen LogP contribution in [0.1, 0.15) is 32.1 Å². The summed E-state index contributed by atoms with van der Waals surface area (Å²) >= 11 is 0. The first-order valence-corrected chi connectivity index (χ1v) is 6.51. The Bertz CT molecular complexity index is 232. The monoisotopic (exact) mass is 225 g/mol. The van der Waals surface area contributed by atoms with Gasteiger partial charge in [0.25, 0.3) is 0 Å². The topological polar surface area (TPSA) is 35.6 Å². The second-order valence-electron chi connectivity index (χ2n) is 5.00. The highest BCUT2D eigenvalue weighted by Crippen LogP contribution is 2.12. The Kier molecular flexibility index (Phi) is 4.04. The molecule has 4 nitrogen and oxygen atoms in total. The number of carbonyl (C=O) groups excluding carboxylic acids is 1. The maximum atomic E-state index is 12.0. The smallest absolute Gasteiger partial charge is 0.319 e. The number of urea groups is 1. The molecule has 2 aliphatic heterocycles. The van der Waals surface area contributed by atoms with E-state index in [4.69, 9.17) is 0 Å². The van der Waals surface area contributed by atoms with Gasteiger partial charge in [0.15, 0.2) is 0 Å². The van der Waals surface area contributed by atoms with Gasteiger partial charge in [0.1, 0.15) is 0 Å². The fourth-order valence-electron chi connectivity index (χ4n) is 2.64. The quantitative estimate of drug-likeness (QED) is 0.768. The Morgan fingerprint density at radius 2 is 2.06 bits per heavy atom. The SMILES string of the molecule is CN(CC1CCCCN1)C(=O)N1CCCC1. The van der Waals surface area contributed by atoms with E-state index in [9.17, 15) is 4.79 Å². The van der Waals surface area contributed by atoms with Gasteiger partial charge in [-0.2, -0.15) is 0 Å². The number of nitrogens with one attached hydrogen (secondary N) is 1. The molecule has 0 bridgehead atoms. The number of hydrogen-bond acceptors (Lipinski definition) is 2. The van der Waals surface area contributed by atoms with Gasteiger partial charge in [0, 0.05) is 32.7 Å². The molecule has 1 atom stereocenters. The standard InChI is InChI=1S/C12H23N3O/c1-14(10-11-6-2-3-7-13-11)12(16)15-8-4-5-9-15/h11,13H,2-10H2,1H3. The van der Waals surface area contributed by atoms with E-state index in [1.807, 2.05) is 16.8 Å². The molecule has 0 radical (unpaired) electrons. The van der Waals surface area contributed by atoms with Crippen molar-refractivity contribution < 1.29 is 4.79 Å². The van der Waals surface area contributed by atoms with E-state index in [1.54, 1.807) is 0 Å². The average molecular weight is 225 g/mol. The molecule has 2 rings (SSSR count). The fourth-order valence-corrected chi connectivity index (χ4v) is 2.64. The molecule has 0 aromatic heterocycles. The molecule has 1 N–H and O–H groups in total. The molecule has 2 saturated heterocycles. The van der Waals surface area contributed by atoms with E-state index >= 15 is 0 Å². The number of likely N-dealkylation sites (tertiary alicyclic amines) is 1. The Hall–Kier alpha value is -0.770. The van der Waals surface area contributed by atoms with Crippen LogP contribution in [-0.4, -0.2) is 55.1 Å². The Morgan fingerprint density at radius 3 is 2.69 bits per heavy atom. The van der Waals surface area contributed by atoms with Crippen LogP contribution in [0.4, 0.5) is 4.79 Å². The van der Waals surface area contributed by atoms with Gasteiger partial charge in [-0.3, -0.25) is 0 Å². The molecule has 0 spiro atoms. The lowest BCUT2D eigenvalue weighted by Crippen LogP contribution is -2.47. The summed E-state index contributed by atoms with van der Waals surface area (Å²) in [5.41, 5.74) is 0. The van der Waals surface area contributed by atoms with E-state index in [0.717, 1.165) is 26.2 Å². The molecule has 2 fully saturated rings. The first-order chi connectivity index (χ1) is 7.77. The molecular formula is C12H23N3O. The maximum absolute atomic E-state index is 12.0. The highest BCUT2D eigenvalue weighted by atomic mass is 16.2. The third-order valence-electron chi connectivity index (χ3n) is 3.61. The molecule has 92 valence electrons. The maximum Gasteiger partial charge on any atom is 0.319 e. The lowest BCUT2D eigenvalue weighted by molar-refractivity contribution is 0.165. The highest BCUT2D eigenvalue weighted by molar-refractivity contribution is 5.74. The van der Waals surface area contributed by atoms with Crippen LogP contribution >= 0.6 is 0 Å². The molecule has 2 aliphatic rings. The lowest BCUT2D eigenvalue weighted by Gasteiger charge is -2.30. The van der Waals surface area contributed by atoms with Gasteiger partial charge in [-0.15, -0.1) is 0 Å². The number of piperidine rings is 1. The zero-order chi connectivity index (χ0) is 11.4. The van der Waals surface area contributed by atoms with E-state index in [2.05, 4.69) is 5.32 Å². The number of amides is 2. The van der Waals surface area contributed by atoms with Crippen LogP contribution in [0, 0.1) is 0 Å². The van der Waals surface area contributed by atoms with Crippen molar-refractivity contribution in [3.8, 4) is 0 Å². The van der Waals surface area contributed by atoms with Crippen molar-refractivity contribution in [2.45, 2.75) is 38.1 Å². The molecule has 0 aliphatic carbocycles. The summed E-state index contributed by atoms with van der Waals surface area (Å²) in [4.78, 5) is 15.9. The first kappa shape index (κ1) is 11.7. The number of rotatable bonds is 2. The van der Waals surface area contributed by atoms with Crippen LogP contribution in [0.5, 0.6) is 0 Å². The molecule has 0 saturated carbocycles. The van der Waals surface area contributed by atoms with Crippen molar-refractivity contribution in [2.24, 2.45) is 0 Å². The zero-order valence-corrected chi connectivity index (χ0v) is 10.2. The van der Waals surface area contributed by atoms with Crippen molar-refractivity contribution in [1.29, 1.82) is 0 Å². The Labute approximate surface area is 98.0 Å². The summed E-state index contributed by atoms with van der Waals surface area (Å²) in [6.45, 7) is 3.86. The van der Waals surface area contributed by atoms with Crippen molar-refractivity contribution >= 4 is 6.03 Å². The molecule has 2 heterocycles. The van der Waals surface area contributed by atoms with Crippen LogP contribution < -0.4 is 5.32 Å². The normalized spacial score (nSPS) is 25.8. The minimum absolute atomic E-state index is 0.213.